The highest BCUT2D eigenvalue weighted by Crippen LogP contribution is 2.34. The zero-order valence-corrected chi connectivity index (χ0v) is 21.4. The van der Waals surface area contributed by atoms with Crippen LogP contribution in [0.3, 0.4) is 0 Å². The Morgan fingerprint density at radius 3 is 2.59 bits per heavy atom. The van der Waals surface area contributed by atoms with E-state index in [4.69, 9.17) is 21.7 Å². The Bertz CT molecular complexity index is 1080. The van der Waals surface area contributed by atoms with E-state index in [1.807, 2.05) is 48.5 Å². The summed E-state index contributed by atoms with van der Waals surface area (Å²) in [5.74, 6) is 1.17. The molecule has 0 unspecified atom stereocenters. The van der Waals surface area contributed by atoms with E-state index in [-0.39, 0.29) is 11.8 Å². The summed E-state index contributed by atoms with van der Waals surface area (Å²) in [7, 11) is 3.16. The van der Waals surface area contributed by atoms with E-state index < -0.39 is 0 Å². The largest absolute Gasteiger partial charge is 0.493 e. The molecule has 1 aliphatic rings. The number of nitrogens with zero attached hydrogens (tertiary/aromatic N) is 1. The Kier molecular flexibility index (Phi) is 9.53. The molecule has 0 spiro atoms. The van der Waals surface area contributed by atoms with Gasteiger partial charge in [-0.2, -0.15) is 0 Å². The molecule has 0 bridgehead atoms. The van der Waals surface area contributed by atoms with Gasteiger partial charge in [-0.15, -0.1) is 0 Å². The van der Waals surface area contributed by atoms with Crippen LogP contribution in [0.15, 0.2) is 47.4 Å². The van der Waals surface area contributed by atoms with Crippen LogP contribution in [0.25, 0.3) is 6.08 Å². The number of thiocarbonyl (C=S) groups is 1. The Labute approximate surface area is 210 Å². The van der Waals surface area contributed by atoms with Crippen molar-refractivity contribution in [3.8, 4) is 11.5 Å². The van der Waals surface area contributed by atoms with Crippen LogP contribution >= 0.6 is 24.0 Å². The summed E-state index contributed by atoms with van der Waals surface area (Å²) in [5, 5.41) is 3.00. The molecule has 34 heavy (non-hydrogen) atoms. The van der Waals surface area contributed by atoms with Gasteiger partial charge >= 0.3 is 0 Å². The number of hydrogen-bond acceptors (Lipinski definition) is 6. The molecule has 1 saturated heterocycles. The van der Waals surface area contributed by atoms with Crippen LogP contribution in [0.5, 0.6) is 11.5 Å². The molecule has 1 fully saturated rings. The Hall–Kier alpha value is -2.84. The Morgan fingerprint density at radius 2 is 1.85 bits per heavy atom. The van der Waals surface area contributed by atoms with Crippen molar-refractivity contribution in [2.24, 2.45) is 0 Å². The van der Waals surface area contributed by atoms with Gasteiger partial charge in [0.1, 0.15) is 4.32 Å². The standard InChI is InChI=1S/C26H30N2O4S2/c1-4-19-10-7-8-11-20(19)27-24(29)12-6-5-9-15-28-25(30)23(34-26(28)33)17-18-13-14-21(31-2)22(16-18)32-3/h7-8,10-11,13-14,16-17H,4-6,9,12,15H2,1-3H3,(H,27,29)/b23-17-. The smallest absolute Gasteiger partial charge is 0.266 e. The molecule has 1 aliphatic heterocycles. The summed E-state index contributed by atoms with van der Waals surface area (Å²) in [5.41, 5.74) is 2.86. The number of hydrogen-bond donors (Lipinski definition) is 1. The molecule has 2 aromatic rings. The number of para-hydroxylation sites is 1. The maximum atomic E-state index is 12.9. The average molecular weight is 499 g/mol. The number of nitrogens with one attached hydrogen (secondary N) is 1. The van der Waals surface area contributed by atoms with Crippen LogP contribution in [-0.4, -0.2) is 41.8 Å². The second kappa shape index (κ2) is 12.6. The third kappa shape index (κ3) is 6.61. The summed E-state index contributed by atoms with van der Waals surface area (Å²) in [6.07, 6.45) is 5.54. The molecule has 0 aliphatic carbocycles. The number of benzene rings is 2. The van der Waals surface area contributed by atoms with Gasteiger partial charge in [0.2, 0.25) is 5.91 Å². The highest BCUT2D eigenvalue weighted by atomic mass is 32.2. The number of methoxy groups -OCH3 is 2. The normalized spacial score (nSPS) is 14.6. The second-order valence-corrected chi connectivity index (χ2v) is 9.49. The van der Waals surface area contributed by atoms with Gasteiger partial charge in [-0.25, -0.2) is 0 Å². The van der Waals surface area contributed by atoms with Crippen molar-refractivity contribution in [3.63, 3.8) is 0 Å². The lowest BCUT2D eigenvalue weighted by atomic mass is 10.1. The lowest BCUT2D eigenvalue weighted by molar-refractivity contribution is -0.122. The van der Waals surface area contributed by atoms with Gasteiger partial charge in [-0.1, -0.05) is 61.6 Å². The van der Waals surface area contributed by atoms with Crippen LogP contribution in [0, 0.1) is 0 Å². The summed E-state index contributed by atoms with van der Waals surface area (Å²) in [4.78, 5) is 27.4. The van der Waals surface area contributed by atoms with Crippen LogP contribution in [-0.2, 0) is 16.0 Å². The molecule has 1 heterocycles. The molecule has 6 nitrogen and oxygen atoms in total. The zero-order chi connectivity index (χ0) is 24.5. The van der Waals surface area contributed by atoms with Gasteiger partial charge in [0.15, 0.2) is 11.5 Å². The molecule has 2 aromatic carbocycles. The number of unbranched alkanes of at least 4 members (excludes halogenated alkanes) is 2. The van der Waals surface area contributed by atoms with Gasteiger partial charge in [-0.3, -0.25) is 14.5 Å². The lowest BCUT2D eigenvalue weighted by Crippen LogP contribution is -2.29. The summed E-state index contributed by atoms with van der Waals surface area (Å²) < 4.78 is 11.2. The molecule has 1 N–H and O–H groups in total. The first-order chi connectivity index (χ1) is 16.5. The third-order valence-corrected chi connectivity index (χ3v) is 6.91. The highest BCUT2D eigenvalue weighted by Gasteiger charge is 2.31. The molecule has 0 radical (unpaired) electrons. The lowest BCUT2D eigenvalue weighted by Gasteiger charge is -2.14. The van der Waals surface area contributed by atoms with Gasteiger partial charge in [-0.05, 0) is 54.7 Å². The van der Waals surface area contributed by atoms with E-state index in [9.17, 15) is 9.59 Å². The van der Waals surface area contributed by atoms with Crippen molar-refractivity contribution < 1.29 is 19.1 Å². The molecular formula is C26H30N2O4S2. The fraction of sp³-hybridized carbons (Fsp3) is 0.346. The average Bonchev–Trinajstić information content (AvgIpc) is 3.11. The summed E-state index contributed by atoms with van der Waals surface area (Å²) in [6.45, 7) is 2.62. The fourth-order valence-corrected chi connectivity index (χ4v) is 4.99. The Morgan fingerprint density at radius 1 is 1.09 bits per heavy atom. The molecule has 8 heteroatoms. The predicted molar refractivity (Wildman–Crippen MR) is 142 cm³/mol. The van der Waals surface area contributed by atoms with Crippen molar-refractivity contribution in [2.45, 2.75) is 39.0 Å². The fourth-order valence-electron chi connectivity index (χ4n) is 3.68. The second-order valence-electron chi connectivity index (χ2n) is 7.82. The number of rotatable bonds is 11. The third-order valence-electron chi connectivity index (χ3n) is 5.54. The Balaban J connectivity index is 1.47. The van der Waals surface area contributed by atoms with E-state index in [0.29, 0.717) is 33.7 Å². The molecule has 180 valence electrons. The van der Waals surface area contributed by atoms with Gasteiger partial charge in [0.05, 0.1) is 19.1 Å². The quantitative estimate of drug-likeness (QED) is 0.245. The molecular weight excluding hydrogens is 468 g/mol. The number of amides is 2. The SMILES string of the molecule is CCc1ccccc1NC(=O)CCCCCN1C(=O)/C(=C/c2ccc(OC)c(OC)c2)SC1=S. The van der Waals surface area contributed by atoms with E-state index in [2.05, 4.69) is 12.2 Å². The van der Waals surface area contributed by atoms with Crippen molar-refractivity contribution in [3.05, 3.63) is 58.5 Å². The van der Waals surface area contributed by atoms with Crippen molar-refractivity contribution >= 4 is 51.9 Å². The van der Waals surface area contributed by atoms with Crippen LogP contribution in [0.4, 0.5) is 5.69 Å². The first-order valence-electron chi connectivity index (χ1n) is 11.3. The van der Waals surface area contributed by atoms with E-state index >= 15 is 0 Å². The maximum Gasteiger partial charge on any atom is 0.266 e. The van der Waals surface area contributed by atoms with E-state index in [1.54, 1.807) is 19.1 Å². The first kappa shape index (κ1) is 25.8. The van der Waals surface area contributed by atoms with Crippen molar-refractivity contribution in [1.82, 2.24) is 4.90 Å². The first-order valence-corrected chi connectivity index (χ1v) is 12.5. The molecule has 0 saturated carbocycles. The van der Waals surface area contributed by atoms with Gasteiger partial charge < -0.3 is 14.8 Å². The summed E-state index contributed by atoms with van der Waals surface area (Å²) in [6, 6.07) is 13.4. The zero-order valence-electron chi connectivity index (χ0n) is 19.8. The number of ether oxygens (including phenoxy) is 2. The number of anilines is 1. The number of carbonyl (C=O) groups excluding carboxylic acids is 2. The van der Waals surface area contributed by atoms with Crippen molar-refractivity contribution in [1.29, 1.82) is 0 Å². The highest BCUT2D eigenvalue weighted by molar-refractivity contribution is 8.26. The van der Waals surface area contributed by atoms with Crippen molar-refractivity contribution in [2.75, 3.05) is 26.1 Å². The minimum absolute atomic E-state index is 0.0179. The van der Waals surface area contributed by atoms with Gasteiger partial charge in [0, 0.05) is 18.7 Å². The predicted octanol–water partition coefficient (Wildman–Crippen LogP) is 5.67. The molecule has 0 atom stereocenters. The van der Waals surface area contributed by atoms with Gasteiger partial charge in [0.25, 0.3) is 5.91 Å². The van der Waals surface area contributed by atoms with Crippen LogP contribution in [0.2, 0.25) is 0 Å². The topological polar surface area (TPSA) is 67.9 Å². The number of carbonyl (C=O) groups is 2. The monoisotopic (exact) mass is 498 g/mol. The minimum atomic E-state index is -0.0845. The minimum Gasteiger partial charge on any atom is -0.493 e. The molecule has 3 rings (SSSR count). The van der Waals surface area contributed by atoms with E-state index in [1.165, 1.54) is 11.8 Å². The van der Waals surface area contributed by atoms with Crippen LogP contribution < -0.4 is 14.8 Å². The van der Waals surface area contributed by atoms with E-state index in [0.717, 1.165) is 42.5 Å². The van der Waals surface area contributed by atoms with Crippen LogP contribution in [0.1, 0.15) is 43.7 Å². The summed E-state index contributed by atoms with van der Waals surface area (Å²) >= 11 is 6.74. The number of thioether (sulfide) groups is 1. The number of aryl methyl sites for hydroxylation is 1. The maximum absolute atomic E-state index is 12.9. The molecule has 0 aromatic heterocycles. The molecule has 2 amide bonds.